The molecule has 1 aromatic rings. The van der Waals surface area contributed by atoms with Gasteiger partial charge in [-0.25, -0.2) is 4.98 Å². The van der Waals surface area contributed by atoms with E-state index in [9.17, 15) is 23.2 Å². The Balaban J connectivity index is 1.49. The standard InChI is InChI=1S/C18H22F3N5O/c19-18(20,21)14-3-4-15(23-11-14)26-9-7-25(8-10-26)12-16(27)24-17(13-22)5-1-2-6-17/h3-4,11H,1-2,5-10,12H2,(H,24,27)/p+2. The van der Waals surface area contributed by atoms with E-state index in [0.717, 1.165) is 30.0 Å². The van der Waals surface area contributed by atoms with Gasteiger partial charge in [0.1, 0.15) is 37.9 Å². The van der Waals surface area contributed by atoms with Gasteiger partial charge in [0.25, 0.3) is 11.7 Å². The highest BCUT2D eigenvalue weighted by Crippen LogP contribution is 2.29. The van der Waals surface area contributed by atoms with E-state index in [0.29, 0.717) is 51.4 Å². The Labute approximate surface area is 156 Å². The lowest BCUT2D eigenvalue weighted by Crippen LogP contribution is -3.16. The van der Waals surface area contributed by atoms with Crippen LogP contribution in [0.3, 0.4) is 0 Å². The number of aromatic nitrogens is 1. The Morgan fingerprint density at radius 3 is 2.48 bits per heavy atom. The summed E-state index contributed by atoms with van der Waals surface area (Å²) in [6, 6.07) is 4.77. The third kappa shape index (κ3) is 4.69. The quantitative estimate of drug-likeness (QED) is 0.779. The molecule has 1 aliphatic carbocycles. The maximum absolute atomic E-state index is 12.6. The molecule has 2 aliphatic rings. The second kappa shape index (κ2) is 7.72. The number of halogens is 3. The van der Waals surface area contributed by atoms with E-state index >= 15 is 0 Å². The number of H-pyrrole nitrogens is 1. The van der Waals surface area contributed by atoms with Crippen LogP contribution >= 0.6 is 0 Å². The first-order chi connectivity index (χ1) is 12.8. The second-order valence-corrected chi connectivity index (χ2v) is 7.32. The number of quaternary nitrogens is 1. The Morgan fingerprint density at radius 1 is 1.30 bits per heavy atom. The van der Waals surface area contributed by atoms with Crippen LogP contribution in [0.25, 0.3) is 0 Å². The lowest BCUT2D eigenvalue weighted by Gasteiger charge is -2.29. The first-order valence-electron chi connectivity index (χ1n) is 9.21. The van der Waals surface area contributed by atoms with Crippen molar-refractivity contribution in [3.63, 3.8) is 0 Å². The summed E-state index contributed by atoms with van der Waals surface area (Å²) in [6.07, 6.45) is -0.0352. The molecule has 2 fully saturated rings. The number of anilines is 1. The Bertz CT molecular complexity index is 699. The average Bonchev–Trinajstić information content (AvgIpc) is 3.10. The molecular formula is C18H24F3N5O+2. The predicted molar refractivity (Wildman–Crippen MR) is 90.7 cm³/mol. The van der Waals surface area contributed by atoms with E-state index in [1.54, 1.807) is 0 Å². The molecule has 0 spiro atoms. The molecule has 6 nitrogen and oxygen atoms in total. The molecule has 146 valence electrons. The number of hydrogen-bond acceptors (Lipinski definition) is 3. The fourth-order valence-corrected chi connectivity index (χ4v) is 3.81. The molecule has 1 aromatic heterocycles. The van der Waals surface area contributed by atoms with E-state index in [4.69, 9.17) is 0 Å². The van der Waals surface area contributed by atoms with Gasteiger partial charge in [0.05, 0.1) is 11.6 Å². The molecule has 1 aliphatic heterocycles. The van der Waals surface area contributed by atoms with Crippen molar-refractivity contribution in [2.45, 2.75) is 37.4 Å². The topological polar surface area (TPSA) is 74.7 Å². The third-order valence-corrected chi connectivity index (χ3v) is 5.40. The number of carbonyl (C=O) groups excluding carboxylic acids is 1. The molecule has 0 bridgehead atoms. The molecule has 3 rings (SSSR count). The summed E-state index contributed by atoms with van der Waals surface area (Å²) >= 11 is 0. The normalized spacial score (nSPS) is 20.3. The zero-order valence-corrected chi connectivity index (χ0v) is 15.0. The molecule has 1 saturated carbocycles. The summed E-state index contributed by atoms with van der Waals surface area (Å²) in [4.78, 5) is 18.1. The maximum atomic E-state index is 12.6. The van der Waals surface area contributed by atoms with Gasteiger partial charge in [-0.2, -0.15) is 18.4 Å². The minimum Gasteiger partial charge on any atom is -0.333 e. The van der Waals surface area contributed by atoms with Crippen LogP contribution in [-0.2, 0) is 11.0 Å². The summed E-state index contributed by atoms with van der Waals surface area (Å²) in [5.74, 6) is 0.531. The van der Waals surface area contributed by atoms with Gasteiger partial charge in [0.2, 0.25) is 0 Å². The highest BCUT2D eigenvalue weighted by molar-refractivity contribution is 5.78. The Kier molecular flexibility index (Phi) is 5.56. The molecule has 27 heavy (non-hydrogen) atoms. The highest BCUT2D eigenvalue weighted by Gasteiger charge is 2.37. The zero-order valence-electron chi connectivity index (χ0n) is 15.0. The van der Waals surface area contributed by atoms with Gasteiger partial charge in [-0.15, -0.1) is 0 Å². The van der Waals surface area contributed by atoms with Crippen molar-refractivity contribution >= 4 is 11.7 Å². The van der Waals surface area contributed by atoms with Gasteiger partial charge >= 0.3 is 6.18 Å². The summed E-state index contributed by atoms with van der Waals surface area (Å²) < 4.78 is 37.9. The SMILES string of the molecule is N#CC1(NC(=O)C[NH+]2CCN(c3ccc(C(F)(F)F)c[nH+]3)CC2)CCCC1. The summed E-state index contributed by atoms with van der Waals surface area (Å²) in [5.41, 5.74) is -1.40. The van der Waals surface area contributed by atoms with Crippen molar-refractivity contribution in [2.75, 3.05) is 37.6 Å². The number of rotatable bonds is 4. The molecule has 0 unspecified atom stereocenters. The minimum atomic E-state index is -4.36. The van der Waals surface area contributed by atoms with Crippen molar-refractivity contribution in [3.05, 3.63) is 23.9 Å². The number of carbonyl (C=O) groups is 1. The van der Waals surface area contributed by atoms with Crippen LogP contribution in [0.15, 0.2) is 18.3 Å². The molecule has 0 atom stereocenters. The molecular weight excluding hydrogens is 359 g/mol. The van der Waals surface area contributed by atoms with Crippen molar-refractivity contribution in [1.82, 2.24) is 5.32 Å². The van der Waals surface area contributed by atoms with Crippen molar-refractivity contribution in [1.29, 1.82) is 5.26 Å². The molecule has 1 saturated heterocycles. The maximum Gasteiger partial charge on any atom is 0.419 e. The van der Waals surface area contributed by atoms with Crippen molar-refractivity contribution in [3.8, 4) is 6.07 Å². The monoisotopic (exact) mass is 383 g/mol. The van der Waals surface area contributed by atoms with E-state index in [1.807, 2.05) is 4.90 Å². The number of aromatic amines is 1. The summed E-state index contributed by atoms with van der Waals surface area (Å²) in [6.45, 7) is 3.03. The van der Waals surface area contributed by atoms with E-state index in [2.05, 4.69) is 16.4 Å². The van der Waals surface area contributed by atoms with E-state index < -0.39 is 17.3 Å². The van der Waals surface area contributed by atoms with Crippen LogP contribution in [0.5, 0.6) is 0 Å². The van der Waals surface area contributed by atoms with Crippen LogP contribution in [0, 0.1) is 11.3 Å². The summed E-state index contributed by atoms with van der Waals surface area (Å²) in [7, 11) is 0. The lowest BCUT2D eigenvalue weighted by atomic mass is 10.00. The number of nitriles is 1. The molecule has 9 heteroatoms. The third-order valence-electron chi connectivity index (χ3n) is 5.40. The van der Waals surface area contributed by atoms with Crippen LogP contribution in [0.1, 0.15) is 31.2 Å². The number of pyridine rings is 1. The number of hydrogen-bond donors (Lipinski definition) is 2. The van der Waals surface area contributed by atoms with Gasteiger partial charge in [-0.1, -0.05) is 0 Å². The van der Waals surface area contributed by atoms with Gasteiger partial charge < -0.3 is 10.2 Å². The van der Waals surface area contributed by atoms with Crippen LogP contribution < -0.4 is 20.1 Å². The first kappa shape index (κ1) is 19.4. The fourth-order valence-electron chi connectivity index (χ4n) is 3.81. The predicted octanol–water partition coefficient (Wildman–Crippen LogP) is 0.177. The lowest BCUT2D eigenvalue weighted by molar-refractivity contribution is -0.892. The van der Waals surface area contributed by atoms with E-state index in [-0.39, 0.29) is 5.91 Å². The van der Waals surface area contributed by atoms with E-state index in [1.165, 1.54) is 6.07 Å². The number of alkyl halides is 3. The molecule has 0 aromatic carbocycles. The zero-order chi connectivity index (χ0) is 19.5. The Morgan fingerprint density at radius 2 is 1.96 bits per heavy atom. The van der Waals surface area contributed by atoms with Crippen molar-refractivity contribution < 1.29 is 27.8 Å². The summed E-state index contributed by atoms with van der Waals surface area (Å²) in [5, 5.41) is 12.3. The first-order valence-corrected chi connectivity index (χ1v) is 9.21. The molecule has 0 radical (unpaired) electrons. The van der Waals surface area contributed by atoms with Gasteiger partial charge in [0.15, 0.2) is 6.54 Å². The second-order valence-electron chi connectivity index (χ2n) is 7.32. The number of nitrogens with one attached hydrogen (secondary N) is 3. The minimum absolute atomic E-state index is 0.108. The molecule has 3 N–H and O–H groups in total. The number of nitrogens with zero attached hydrogens (tertiary/aromatic N) is 2. The van der Waals surface area contributed by atoms with Gasteiger partial charge in [-0.3, -0.25) is 9.69 Å². The highest BCUT2D eigenvalue weighted by atomic mass is 19.4. The van der Waals surface area contributed by atoms with Crippen LogP contribution in [0.2, 0.25) is 0 Å². The number of amides is 1. The number of piperazine rings is 1. The molecule has 2 heterocycles. The smallest absolute Gasteiger partial charge is 0.333 e. The van der Waals surface area contributed by atoms with Gasteiger partial charge in [0, 0.05) is 6.07 Å². The average molecular weight is 383 g/mol. The van der Waals surface area contributed by atoms with Crippen LogP contribution in [0.4, 0.5) is 19.0 Å². The molecule has 1 amide bonds. The fraction of sp³-hybridized carbons (Fsp3) is 0.611. The van der Waals surface area contributed by atoms with Crippen molar-refractivity contribution in [2.24, 2.45) is 0 Å². The largest absolute Gasteiger partial charge is 0.419 e. The Hall–Kier alpha value is -2.34. The van der Waals surface area contributed by atoms with Gasteiger partial charge in [-0.05, 0) is 31.7 Å². The van der Waals surface area contributed by atoms with Crippen LogP contribution in [-0.4, -0.2) is 44.2 Å².